The van der Waals surface area contributed by atoms with Crippen molar-refractivity contribution in [3.8, 4) is 0 Å². The number of rotatable bonds is 2. The summed E-state index contributed by atoms with van der Waals surface area (Å²) in [5, 5.41) is 5.86. The van der Waals surface area contributed by atoms with E-state index in [4.69, 9.17) is 0 Å². The second-order valence-corrected chi connectivity index (χ2v) is 1.41. The Morgan fingerprint density at radius 3 is 0.900 bits per heavy atom. The molecule has 0 aliphatic heterocycles. The Morgan fingerprint density at radius 2 is 0.900 bits per heavy atom. The van der Waals surface area contributed by atoms with Gasteiger partial charge in [0.1, 0.15) is 0 Å². The third-order valence-electron chi connectivity index (χ3n) is 0.707. The van der Waals surface area contributed by atoms with Crippen molar-refractivity contribution in [1.29, 1.82) is 0 Å². The van der Waals surface area contributed by atoms with Crippen LogP contribution in [0.4, 0.5) is 0 Å². The Hall–Kier alpha value is -0.0800. The topological polar surface area (TPSA) is 24.1 Å². The van der Waals surface area contributed by atoms with E-state index in [9.17, 15) is 0 Å². The standard InChI is InChI=1S/2C3H9N.2CH4/c2*1-3-4-2;;/h2*4H,3H2,1-2H3;2*1H4. The first-order chi connectivity index (χ1) is 3.83. The molecule has 0 unspecified atom stereocenters. The second kappa shape index (κ2) is 36.4. The van der Waals surface area contributed by atoms with Gasteiger partial charge < -0.3 is 10.6 Å². The summed E-state index contributed by atoms with van der Waals surface area (Å²) in [7, 11) is 3.86. The average Bonchev–Trinajstić information content (AvgIpc) is 1.88. The predicted octanol–water partition coefficient (Wildman–Crippen LogP) is 1.72. The molecule has 0 rings (SSSR count). The van der Waals surface area contributed by atoms with Crippen molar-refractivity contribution in [2.75, 3.05) is 27.2 Å². The van der Waals surface area contributed by atoms with Crippen molar-refractivity contribution >= 4 is 0 Å². The van der Waals surface area contributed by atoms with Crippen molar-refractivity contribution in [2.45, 2.75) is 28.7 Å². The summed E-state index contributed by atoms with van der Waals surface area (Å²) < 4.78 is 0. The van der Waals surface area contributed by atoms with E-state index in [1.165, 1.54) is 0 Å². The van der Waals surface area contributed by atoms with Crippen LogP contribution in [0, 0.1) is 0 Å². The summed E-state index contributed by atoms with van der Waals surface area (Å²) in [6.45, 7) is 6.28. The first-order valence-electron chi connectivity index (χ1n) is 3.12. The van der Waals surface area contributed by atoms with E-state index >= 15 is 0 Å². The molecule has 68 valence electrons. The second-order valence-electron chi connectivity index (χ2n) is 1.41. The molecule has 2 N–H and O–H groups in total. The Balaban J connectivity index is -0.0000000300. The van der Waals surface area contributed by atoms with Crippen LogP contribution in [0.5, 0.6) is 0 Å². The Labute approximate surface area is 67.4 Å². The molecule has 0 aliphatic rings. The quantitative estimate of drug-likeness (QED) is 0.626. The van der Waals surface area contributed by atoms with E-state index in [1.807, 2.05) is 14.1 Å². The third kappa shape index (κ3) is 103. The van der Waals surface area contributed by atoms with Gasteiger partial charge in [0.15, 0.2) is 0 Å². The molecule has 2 nitrogen and oxygen atoms in total. The Bertz CT molecular complexity index is 15.2. The largest absolute Gasteiger partial charge is 0.320 e. The molecular formula is C8H26N2. The molecule has 0 fully saturated rings. The monoisotopic (exact) mass is 150 g/mol. The molecule has 0 aromatic heterocycles. The van der Waals surface area contributed by atoms with Gasteiger partial charge in [-0.25, -0.2) is 0 Å². The highest BCUT2D eigenvalue weighted by Crippen LogP contribution is 1.35. The predicted molar refractivity (Wildman–Crippen MR) is 52.7 cm³/mol. The molecule has 0 saturated heterocycles. The van der Waals surface area contributed by atoms with E-state index in [-0.39, 0.29) is 14.9 Å². The average molecular weight is 150 g/mol. The highest BCUT2D eigenvalue weighted by atomic mass is 14.8. The van der Waals surface area contributed by atoms with Crippen molar-refractivity contribution in [3.63, 3.8) is 0 Å². The number of hydrogen-bond donors (Lipinski definition) is 2. The van der Waals surface area contributed by atoms with Gasteiger partial charge in [-0.1, -0.05) is 28.7 Å². The van der Waals surface area contributed by atoms with Crippen molar-refractivity contribution < 1.29 is 0 Å². The highest BCUT2D eigenvalue weighted by Gasteiger charge is 1.50. The lowest BCUT2D eigenvalue weighted by Crippen LogP contribution is -2.01. The highest BCUT2D eigenvalue weighted by molar-refractivity contribution is 4.16. The molecule has 0 bridgehead atoms. The zero-order valence-corrected chi connectivity index (χ0v) is 6.41. The number of nitrogens with one attached hydrogen (secondary N) is 2. The third-order valence-corrected chi connectivity index (χ3v) is 0.707. The van der Waals surface area contributed by atoms with Crippen LogP contribution in [0.1, 0.15) is 28.7 Å². The van der Waals surface area contributed by atoms with E-state index in [0.29, 0.717) is 0 Å². The van der Waals surface area contributed by atoms with Gasteiger partial charge in [0.25, 0.3) is 0 Å². The van der Waals surface area contributed by atoms with Crippen molar-refractivity contribution in [3.05, 3.63) is 0 Å². The fraction of sp³-hybridized carbons (Fsp3) is 1.00. The molecule has 0 heterocycles. The molecule has 10 heavy (non-hydrogen) atoms. The normalized spacial score (nSPS) is 6.00. The van der Waals surface area contributed by atoms with Crippen molar-refractivity contribution in [2.24, 2.45) is 0 Å². The molecular weight excluding hydrogens is 124 g/mol. The van der Waals surface area contributed by atoms with Crippen LogP contribution in [0.25, 0.3) is 0 Å². The summed E-state index contributed by atoms with van der Waals surface area (Å²) in [6.07, 6.45) is 0. The van der Waals surface area contributed by atoms with Crippen LogP contribution < -0.4 is 10.6 Å². The molecule has 0 amide bonds. The molecule has 0 spiro atoms. The maximum absolute atomic E-state index is 2.93. The van der Waals surface area contributed by atoms with Crippen LogP contribution >= 0.6 is 0 Å². The van der Waals surface area contributed by atoms with Crippen LogP contribution in [0.15, 0.2) is 0 Å². The summed E-state index contributed by atoms with van der Waals surface area (Å²) in [5.74, 6) is 0. The van der Waals surface area contributed by atoms with Crippen LogP contribution in [0.3, 0.4) is 0 Å². The Kier molecular flexibility index (Phi) is 82.0. The van der Waals surface area contributed by atoms with Crippen molar-refractivity contribution in [1.82, 2.24) is 10.6 Å². The summed E-state index contributed by atoms with van der Waals surface area (Å²) in [6, 6.07) is 0. The van der Waals surface area contributed by atoms with E-state index in [1.54, 1.807) is 0 Å². The maximum Gasteiger partial charge on any atom is -0.00804 e. The summed E-state index contributed by atoms with van der Waals surface area (Å²) in [4.78, 5) is 0. The molecule has 0 radical (unpaired) electrons. The van der Waals surface area contributed by atoms with Crippen LogP contribution in [-0.2, 0) is 0 Å². The fourth-order valence-corrected chi connectivity index (χ4v) is 0. The van der Waals surface area contributed by atoms with Gasteiger partial charge in [-0.15, -0.1) is 0 Å². The first kappa shape index (κ1) is 22.5. The van der Waals surface area contributed by atoms with Gasteiger partial charge in [0, 0.05) is 0 Å². The molecule has 0 saturated carbocycles. The smallest absolute Gasteiger partial charge is 0.00804 e. The van der Waals surface area contributed by atoms with Gasteiger partial charge in [-0.3, -0.25) is 0 Å². The lowest BCUT2D eigenvalue weighted by atomic mass is 10.8. The van der Waals surface area contributed by atoms with E-state index in [0.717, 1.165) is 13.1 Å². The zero-order valence-electron chi connectivity index (χ0n) is 6.41. The van der Waals surface area contributed by atoms with Crippen LogP contribution in [0.2, 0.25) is 0 Å². The molecule has 0 aromatic rings. The molecule has 0 aliphatic carbocycles. The number of hydrogen-bond acceptors (Lipinski definition) is 2. The Morgan fingerprint density at radius 1 is 0.800 bits per heavy atom. The maximum atomic E-state index is 2.93. The van der Waals surface area contributed by atoms with Gasteiger partial charge >= 0.3 is 0 Å². The summed E-state index contributed by atoms with van der Waals surface area (Å²) >= 11 is 0. The van der Waals surface area contributed by atoms with E-state index in [2.05, 4.69) is 24.5 Å². The SMILES string of the molecule is C.C.CCNC.CCNC. The molecule has 0 atom stereocenters. The van der Waals surface area contributed by atoms with Crippen LogP contribution in [-0.4, -0.2) is 27.2 Å². The lowest BCUT2D eigenvalue weighted by Gasteiger charge is -1.76. The van der Waals surface area contributed by atoms with Gasteiger partial charge in [0.05, 0.1) is 0 Å². The van der Waals surface area contributed by atoms with Gasteiger partial charge in [0.2, 0.25) is 0 Å². The molecule has 2 heteroatoms. The minimum Gasteiger partial charge on any atom is -0.320 e. The minimum atomic E-state index is 0. The van der Waals surface area contributed by atoms with E-state index < -0.39 is 0 Å². The zero-order chi connectivity index (χ0) is 6.83. The lowest BCUT2D eigenvalue weighted by molar-refractivity contribution is 0.863. The first-order valence-corrected chi connectivity index (χ1v) is 3.12. The minimum absolute atomic E-state index is 0. The molecule has 0 aromatic carbocycles. The summed E-state index contributed by atoms with van der Waals surface area (Å²) in [5.41, 5.74) is 0. The van der Waals surface area contributed by atoms with Gasteiger partial charge in [-0.05, 0) is 27.2 Å². The fourth-order valence-electron chi connectivity index (χ4n) is 0. The van der Waals surface area contributed by atoms with Gasteiger partial charge in [-0.2, -0.15) is 0 Å².